The lowest BCUT2D eigenvalue weighted by molar-refractivity contribution is 0.655. The summed E-state index contributed by atoms with van der Waals surface area (Å²) in [4.78, 5) is 5.01. The van der Waals surface area contributed by atoms with Crippen LogP contribution in [0.3, 0.4) is 0 Å². The topological polar surface area (TPSA) is 6.48 Å². The molecule has 2 heterocycles. The number of rotatable bonds is 6. The molecule has 2 aromatic heterocycles. The average molecular weight is 751 g/mol. The van der Waals surface area contributed by atoms with E-state index in [0.717, 1.165) is 11.4 Å². The maximum absolute atomic E-state index is 2.51. The lowest BCUT2D eigenvalue weighted by atomic mass is 9.68. The van der Waals surface area contributed by atoms with Gasteiger partial charge in [0.05, 0.1) is 26.5 Å². The van der Waals surface area contributed by atoms with Gasteiger partial charge in [0.25, 0.3) is 0 Å². The van der Waals surface area contributed by atoms with Crippen LogP contribution < -0.4 is 9.80 Å². The van der Waals surface area contributed by atoms with Crippen molar-refractivity contribution < 1.29 is 0 Å². The molecular formula is C52H34N2S2. The summed E-state index contributed by atoms with van der Waals surface area (Å²) in [7, 11) is 0. The summed E-state index contributed by atoms with van der Waals surface area (Å²) in [6, 6.07) is 57.7. The summed E-state index contributed by atoms with van der Waals surface area (Å²) in [6.07, 6.45) is 14.4. The van der Waals surface area contributed by atoms with Crippen LogP contribution in [-0.2, 0) is 0 Å². The lowest BCUT2D eigenvalue weighted by Gasteiger charge is -2.41. The van der Waals surface area contributed by atoms with Crippen molar-refractivity contribution >= 4 is 104 Å². The Morgan fingerprint density at radius 1 is 0.411 bits per heavy atom. The Balaban J connectivity index is 1.08. The fourth-order valence-corrected chi connectivity index (χ4v) is 11.8. The van der Waals surface area contributed by atoms with Gasteiger partial charge in [-0.15, -0.1) is 22.7 Å². The van der Waals surface area contributed by atoms with E-state index in [-0.39, 0.29) is 11.8 Å². The number of thiophene rings is 2. The van der Waals surface area contributed by atoms with Crippen LogP contribution in [0, 0.1) is 5.92 Å². The van der Waals surface area contributed by atoms with Gasteiger partial charge in [-0.25, -0.2) is 0 Å². The Kier molecular flexibility index (Phi) is 7.13. The molecule has 0 N–H and O–H groups in total. The molecule has 0 fully saturated rings. The van der Waals surface area contributed by atoms with Crippen LogP contribution in [0.5, 0.6) is 0 Å². The number of allylic oxidation sites excluding steroid dienone is 5. The van der Waals surface area contributed by atoms with Gasteiger partial charge in [0.2, 0.25) is 0 Å². The Labute approximate surface area is 333 Å². The van der Waals surface area contributed by atoms with E-state index in [2.05, 4.69) is 204 Å². The molecule has 3 aliphatic rings. The van der Waals surface area contributed by atoms with E-state index < -0.39 is 0 Å². The van der Waals surface area contributed by atoms with Crippen LogP contribution in [0.25, 0.3) is 52.5 Å². The van der Waals surface area contributed by atoms with Crippen molar-refractivity contribution in [2.24, 2.45) is 5.92 Å². The van der Waals surface area contributed by atoms with Crippen molar-refractivity contribution in [2.75, 3.05) is 9.80 Å². The summed E-state index contributed by atoms with van der Waals surface area (Å²) in [5.41, 5.74) is 12.5. The minimum Gasteiger partial charge on any atom is -0.309 e. The van der Waals surface area contributed by atoms with Gasteiger partial charge < -0.3 is 9.80 Å². The lowest BCUT2D eigenvalue weighted by Crippen LogP contribution is -2.28. The second kappa shape index (κ2) is 12.5. The third kappa shape index (κ3) is 4.73. The second-order valence-corrected chi connectivity index (χ2v) is 16.9. The van der Waals surface area contributed by atoms with Gasteiger partial charge in [-0.2, -0.15) is 0 Å². The molecule has 0 spiro atoms. The highest BCUT2D eigenvalue weighted by atomic mass is 32.1. The molecule has 0 bridgehead atoms. The molecule has 0 radical (unpaired) electrons. The molecule has 9 aromatic rings. The predicted molar refractivity (Wildman–Crippen MR) is 242 cm³/mol. The zero-order valence-electron chi connectivity index (χ0n) is 30.3. The van der Waals surface area contributed by atoms with Gasteiger partial charge in [-0.1, -0.05) is 134 Å². The fraction of sp³-hybridized carbons (Fsp3) is 0.0385. The van der Waals surface area contributed by atoms with E-state index in [0.29, 0.717) is 0 Å². The van der Waals surface area contributed by atoms with Crippen molar-refractivity contribution in [1.29, 1.82) is 0 Å². The maximum Gasteiger partial charge on any atom is 0.0640 e. The highest BCUT2D eigenvalue weighted by Crippen LogP contribution is 2.55. The zero-order valence-corrected chi connectivity index (χ0v) is 32.0. The first kappa shape index (κ1) is 31.8. The molecule has 12 rings (SSSR count). The van der Waals surface area contributed by atoms with E-state index in [4.69, 9.17) is 0 Å². The number of hydrogen-bond donors (Lipinski definition) is 0. The number of fused-ring (bicyclic) bond motifs is 6. The van der Waals surface area contributed by atoms with Gasteiger partial charge >= 0.3 is 0 Å². The minimum atomic E-state index is 0.181. The first-order chi connectivity index (χ1) is 27.8. The Bertz CT molecular complexity index is 3160. The Morgan fingerprint density at radius 3 is 1.62 bits per heavy atom. The molecule has 0 amide bonds. The number of hydrogen-bond acceptors (Lipinski definition) is 4. The standard InChI is InChI=1S/C52H34N2S2/c1-3-13-35(14-4-1)53(45-21-11-19-39-37-17-7-9-23-47(37)55-51(39)45)43-31-27-33-26-30-42-44(32-28-34-25-29-41(43)49(33)50(34)42)54(36-15-5-2-6-16-36)46-22-12-20-40-38-18-8-10-24-48(38)56-52(40)46/h1-33,49H. The van der Waals surface area contributed by atoms with Crippen LogP contribution in [0.4, 0.5) is 28.4 Å². The van der Waals surface area contributed by atoms with Gasteiger partial charge in [0.1, 0.15) is 0 Å². The third-order valence-electron chi connectivity index (χ3n) is 11.8. The molecule has 2 atom stereocenters. The van der Waals surface area contributed by atoms with Crippen molar-refractivity contribution in [3.8, 4) is 0 Å². The van der Waals surface area contributed by atoms with Crippen LogP contribution >= 0.6 is 22.7 Å². The summed E-state index contributed by atoms with van der Waals surface area (Å²) in [5, 5.41) is 5.23. The highest BCUT2D eigenvalue weighted by molar-refractivity contribution is 7.26. The maximum atomic E-state index is 2.51. The predicted octanol–water partition coefficient (Wildman–Crippen LogP) is 15.3. The molecule has 3 aliphatic carbocycles. The number of nitrogens with zero attached hydrogens (tertiary/aromatic N) is 2. The molecular weight excluding hydrogens is 717 g/mol. The Hall–Kier alpha value is -6.46. The molecule has 0 saturated carbocycles. The first-order valence-corrected chi connectivity index (χ1v) is 20.9. The molecule has 0 aliphatic heterocycles. The molecule has 4 heteroatoms. The number of anilines is 5. The van der Waals surface area contributed by atoms with Gasteiger partial charge in [-0.05, 0) is 77.4 Å². The molecule has 2 nitrogen and oxygen atoms in total. The van der Waals surface area contributed by atoms with Crippen molar-refractivity contribution in [1.82, 2.24) is 0 Å². The number of para-hydroxylation sites is 2. The summed E-state index contributed by atoms with van der Waals surface area (Å²) < 4.78 is 5.24. The van der Waals surface area contributed by atoms with Gasteiger partial charge in [0, 0.05) is 65.4 Å². The van der Waals surface area contributed by atoms with E-state index in [1.807, 2.05) is 22.7 Å². The molecule has 0 saturated heterocycles. The smallest absolute Gasteiger partial charge is 0.0640 e. The normalized spacial score (nSPS) is 16.6. The molecule has 56 heavy (non-hydrogen) atoms. The van der Waals surface area contributed by atoms with Crippen molar-refractivity contribution in [3.05, 3.63) is 210 Å². The van der Waals surface area contributed by atoms with E-state index in [1.54, 1.807) is 0 Å². The van der Waals surface area contributed by atoms with Crippen molar-refractivity contribution in [3.63, 3.8) is 0 Å². The fourth-order valence-electron chi connectivity index (χ4n) is 9.37. The molecule has 264 valence electrons. The average Bonchev–Trinajstić information content (AvgIpc) is 3.84. The van der Waals surface area contributed by atoms with Crippen LogP contribution in [0.1, 0.15) is 22.6 Å². The van der Waals surface area contributed by atoms with E-state index in [1.165, 1.54) is 85.4 Å². The molecule has 7 aromatic carbocycles. The van der Waals surface area contributed by atoms with Crippen LogP contribution in [0.2, 0.25) is 0 Å². The SMILES string of the molecule is C1=Cc2ccc(N(c3ccccc3)c3cccc4c3sc3ccccc34)c3c2C2C1=C(N(c1ccccc1)c1cccc4c1sc1ccccc14)C=CC2C=C3. The second-order valence-electron chi connectivity index (χ2n) is 14.8. The number of benzene rings is 7. The quantitative estimate of drug-likeness (QED) is 0.167. The highest BCUT2D eigenvalue weighted by Gasteiger charge is 2.38. The van der Waals surface area contributed by atoms with Crippen LogP contribution in [0.15, 0.2) is 193 Å². The zero-order chi connectivity index (χ0) is 36.7. The largest absolute Gasteiger partial charge is 0.309 e. The van der Waals surface area contributed by atoms with Crippen LogP contribution in [-0.4, -0.2) is 0 Å². The third-order valence-corrected chi connectivity index (χ3v) is 14.2. The van der Waals surface area contributed by atoms with E-state index >= 15 is 0 Å². The summed E-state index contributed by atoms with van der Waals surface area (Å²) in [6.45, 7) is 0. The van der Waals surface area contributed by atoms with Gasteiger partial charge in [-0.3, -0.25) is 0 Å². The van der Waals surface area contributed by atoms with Crippen molar-refractivity contribution in [2.45, 2.75) is 5.92 Å². The Morgan fingerprint density at radius 2 is 0.964 bits per heavy atom. The summed E-state index contributed by atoms with van der Waals surface area (Å²) in [5.74, 6) is 0.439. The molecule has 2 unspecified atom stereocenters. The monoisotopic (exact) mass is 750 g/mol. The summed E-state index contributed by atoms with van der Waals surface area (Å²) >= 11 is 3.77. The first-order valence-electron chi connectivity index (χ1n) is 19.3. The van der Waals surface area contributed by atoms with E-state index in [9.17, 15) is 0 Å². The minimum absolute atomic E-state index is 0.181. The van der Waals surface area contributed by atoms with Gasteiger partial charge in [0.15, 0.2) is 0 Å².